The van der Waals surface area contributed by atoms with Crippen LogP contribution in [0.25, 0.3) is 0 Å². The van der Waals surface area contributed by atoms with Crippen molar-refractivity contribution in [2.45, 2.75) is 19.3 Å². The molecule has 0 aliphatic carbocycles. The van der Waals surface area contributed by atoms with Gasteiger partial charge in [0.1, 0.15) is 0 Å². The Morgan fingerprint density at radius 3 is 2.33 bits per heavy atom. The number of rotatable bonds is 5. The Kier molecular flexibility index (Phi) is 4.33. The highest BCUT2D eigenvalue weighted by atomic mass is 16.6. The smallest absolute Gasteiger partial charge is 0.311 e. The lowest BCUT2D eigenvalue weighted by atomic mass is 9.89. The largest absolute Gasteiger partial charge is 0.481 e. The van der Waals surface area contributed by atoms with Crippen LogP contribution in [-0.2, 0) is 11.2 Å². The van der Waals surface area contributed by atoms with E-state index in [1.54, 1.807) is 18.2 Å². The van der Waals surface area contributed by atoms with Crippen molar-refractivity contribution >= 4 is 11.7 Å². The Hall–Kier alpha value is -2.69. The van der Waals surface area contributed by atoms with Gasteiger partial charge in [-0.25, -0.2) is 0 Å². The molecule has 0 spiro atoms. The molecule has 0 aromatic heterocycles. The van der Waals surface area contributed by atoms with E-state index in [0.29, 0.717) is 6.42 Å². The van der Waals surface area contributed by atoms with E-state index in [1.807, 2.05) is 25.1 Å². The van der Waals surface area contributed by atoms with Crippen LogP contribution >= 0.6 is 0 Å². The number of aliphatic carboxylic acids is 1. The summed E-state index contributed by atoms with van der Waals surface area (Å²) >= 11 is 0. The Balaban J connectivity index is 2.27. The molecule has 0 amide bonds. The number of nitrogens with zero attached hydrogens (tertiary/aromatic N) is 1. The van der Waals surface area contributed by atoms with E-state index < -0.39 is 16.8 Å². The molecule has 2 aromatic rings. The minimum Gasteiger partial charge on any atom is -0.481 e. The van der Waals surface area contributed by atoms with Crippen LogP contribution in [0.5, 0.6) is 0 Å². The Labute approximate surface area is 122 Å². The second-order valence-electron chi connectivity index (χ2n) is 4.88. The maximum Gasteiger partial charge on any atom is 0.311 e. The molecule has 1 unspecified atom stereocenters. The predicted molar refractivity (Wildman–Crippen MR) is 78.4 cm³/mol. The van der Waals surface area contributed by atoms with Crippen LogP contribution in [0, 0.1) is 17.0 Å². The number of carboxylic acid groups (broad SMARTS) is 1. The standard InChI is InChI=1S/C16H15NO4/c1-11-4-2-3-5-14(11)15(16(18)19)10-12-6-8-13(9-7-12)17(20)21/h2-9,15H,10H2,1H3,(H,18,19). The first-order chi connectivity index (χ1) is 9.99. The van der Waals surface area contributed by atoms with E-state index in [9.17, 15) is 20.0 Å². The van der Waals surface area contributed by atoms with E-state index in [0.717, 1.165) is 16.7 Å². The zero-order valence-electron chi connectivity index (χ0n) is 11.5. The zero-order valence-corrected chi connectivity index (χ0v) is 11.5. The van der Waals surface area contributed by atoms with Crippen molar-refractivity contribution in [2.75, 3.05) is 0 Å². The molecule has 0 aliphatic heterocycles. The highest BCUT2D eigenvalue weighted by Crippen LogP contribution is 2.25. The fourth-order valence-corrected chi connectivity index (χ4v) is 2.30. The van der Waals surface area contributed by atoms with Crippen molar-refractivity contribution in [3.8, 4) is 0 Å². The maximum absolute atomic E-state index is 11.5. The fraction of sp³-hybridized carbons (Fsp3) is 0.188. The Bertz CT molecular complexity index is 664. The van der Waals surface area contributed by atoms with Crippen molar-refractivity contribution in [1.29, 1.82) is 0 Å². The van der Waals surface area contributed by atoms with Crippen LogP contribution in [-0.4, -0.2) is 16.0 Å². The molecule has 0 radical (unpaired) electrons. The van der Waals surface area contributed by atoms with Gasteiger partial charge in [0, 0.05) is 12.1 Å². The lowest BCUT2D eigenvalue weighted by Gasteiger charge is -2.15. The van der Waals surface area contributed by atoms with Gasteiger partial charge >= 0.3 is 5.97 Å². The minimum absolute atomic E-state index is 0.00140. The van der Waals surface area contributed by atoms with E-state index in [-0.39, 0.29) is 5.69 Å². The molecule has 1 N–H and O–H groups in total. The van der Waals surface area contributed by atoms with Gasteiger partial charge in [0.15, 0.2) is 0 Å². The Morgan fingerprint density at radius 2 is 1.81 bits per heavy atom. The first-order valence-electron chi connectivity index (χ1n) is 6.50. The number of non-ortho nitro benzene ring substituents is 1. The minimum atomic E-state index is -0.900. The third-order valence-corrected chi connectivity index (χ3v) is 3.45. The van der Waals surface area contributed by atoms with Gasteiger partial charge in [-0.15, -0.1) is 0 Å². The number of carboxylic acids is 1. The van der Waals surface area contributed by atoms with E-state index >= 15 is 0 Å². The third kappa shape index (κ3) is 3.45. The number of nitro groups is 1. The lowest BCUT2D eigenvalue weighted by molar-refractivity contribution is -0.384. The Morgan fingerprint density at radius 1 is 1.19 bits per heavy atom. The van der Waals surface area contributed by atoms with Gasteiger partial charge in [-0.1, -0.05) is 36.4 Å². The molecular weight excluding hydrogens is 270 g/mol. The average molecular weight is 285 g/mol. The molecule has 0 fully saturated rings. The van der Waals surface area contributed by atoms with Gasteiger partial charge in [0.2, 0.25) is 0 Å². The number of hydrogen-bond acceptors (Lipinski definition) is 3. The first kappa shape index (κ1) is 14.7. The molecule has 2 aromatic carbocycles. The van der Waals surface area contributed by atoms with Crippen molar-refractivity contribution in [3.63, 3.8) is 0 Å². The van der Waals surface area contributed by atoms with Gasteiger partial charge in [0.05, 0.1) is 10.8 Å². The quantitative estimate of drug-likeness (QED) is 0.675. The summed E-state index contributed by atoms with van der Waals surface area (Å²) in [4.78, 5) is 21.7. The fourth-order valence-electron chi connectivity index (χ4n) is 2.30. The van der Waals surface area contributed by atoms with Crippen LogP contribution in [0.3, 0.4) is 0 Å². The maximum atomic E-state index is 11.5. The van der Waals surface area contributed by atoms with Gasteiger partial charge in [0.25, 0.3) is 5.69 Å². The van der Waals surface area contributed by atoms with Crippen molar-refractivity contribution in [2.24, 2.45) is 0 Å². The number of carbonyl (C=O) groups is 1. The monoisotopic (exact) mass is 285 g/mol. The zero-order chi connectivity index (χ0) is 15.4. The molecule has 2 rings (SSSR count). The van der Waals surface area contributed by atoms with E-state index in [1.165, 1.54) is 12.1 Å². The summed E-state index contributed by atoms with van der Waals surface area (Å²) < 4.78 is 0. The van der Waals surface area contributed by atoms with Gasteiger partial charge in [-0.3, -0.25) is 14.9 Å². The summed E-state index contributed by atoms with van der Waals surface area (Å²) in [7, 11) is 0. The molecular formula is C16H15NO4. The average Bonchev–Trinajstić information content (AvgIpc) is 2.46. The van der Waals surface area contributed by atoms with Crippen LogP contribution in [0.2, 0.25) is 0 Å². The van der Waals surface area contributed by atoms with Gasteiger partial charge in [-0.05, 0) is 30.0 Å². The molecule has 0 aliphatic rings. The molecule has 1 atom stereocenters. The van der Waals surface area contributed by atoms with Crippen LogP contribution in [0.4, 0.5) is 5.69 Å². The van der Waals surface area contributed by atoms with Crippen LogP contribution < -0.4 is 0 Å². The number of nitro benzene ring substituents is 1. The van der Waals surface area contributed by atoms with E-state index in [2.05, 4.69) is 0 Å². The molecule has 0 saturated carbocycles. The first-order valence-corrected chi connectivity index (χ1v) is 6.50. The predicted octanol–water partition coefficient (Wildman–Crippen LogP) is 3.31. The molecule has 0 heterocycles. The molecule has 0 bridgehead atoms. The highest BCUT2D eigenvalue weighted by Gasteiger charge is 2.22. The second kappa shape index (κ2) is 6.17. The van der Waals surface area contributed by atoms with Gasteiger partial charge < -0.3 is 5.11 Å². The molecule has 5 heteroatoms. The summed E-state index contributed by atoms with van der Waals surface area (Å²) in [5, 5.41) is 20.1. The molecule has 5 nitrogen and oxygen atoms in total. The SMILES string of the molecule is Cc1ccccc1C(Cc1ccc([N+](=O)[O-])cc1)C(=O)O. The summed E-state index contributed by atoms with van der Waals surface area (Å²) in [6.45, 7) is 1.88. The molecule has 0 saturated heterocycles. The molecule has 108 valence electrons. The lowest BCUT2D eigenvalue weighted by Crippen LogP contribution is -2.15. The second-order valence-corrected chi connectivity index (χ2v) is 4.88. The third-order valence-electron chi connectivity index (χ3n) is 3.45. The summed E-state index contributed by atoms with van der Waals surface area (Å²) in [6.07, 6.45) is 0.304. The van der Waals surface area contributed by atoms with Crippen molar-refractivity contribution in [1.82, 2.24) is 0 Å². The number of aryl methyl sites for hydroxylation is 1. The summed E-state index contributed by atoms with van der Waals surface area (Å²) in [5.41, 5.74) is 2.45. The van der Waals surface area contributed by atoms with Gasteiger partial charge in [-0.2, -0.15) is 0 Å². The number of hydrogen-bond donors (Lipinski definition) is 1. The topological polar surface area (TPSA) is 80.4 Å². The highest BCUT2D eigenvalue weighted by molar-refractivity contribution is 5.77. The van der Waals surface area contributed by atoms with Crippen LogP contribution in [0.1, 0.15) is 22.6 Å². The van der Waals surface area contributed by atoms with E-state index in [4.69, 9.17) is 0 Å². The van der Waals surface area contributed by atoms with Crippen LogP contribution in [0.15, 0.2) is 48.5 Å². The van der Waals surface area contributed by atoms with Crippen molar-refractivity contribution in [3.05, 3.63) is 75.3 Å². The normalized spacial score (nSPS) is 11.9. The molecule has 21 heavy (non-hydrogen) atoms. The number of benzene rings is 2. The summed E-state index contributed by atoms with van der Waals surface area (Å²) in [6, 6.07) is 13.4. The van der Waals surface area contributed by atoms with Crippen molar-refractivity contribution < 1.29 is 14.8 Å². The summed E-state index contributed by atoms with van der Waals surface area (Å²) in [5.74, 6) is -1.56.